The Hall–Kier alpha value is -2.57. The normalized spacial score (nSPS) is 15.9. The predicted octanol–water partition coefficient (Wildman–Crippen LogP) is 4.93. The molecule has 2 heterocycles. The second kappa shape index (κ2) is 6.87. The molecule has 0 aliphatic carbocycles. The zero-order chi connectivity index (χ0) is 19.1. The van der Waals surface area contributed by atoms with Crippen LogP contribution in [-0.4, -0.2) is 32.7 Å². The highest BCUT2D eigenvalue weighted by Crippen LogP contribution is 2.44. The van der Waals surface area contributed by atoms with Crippen LogP contribution in [0.4, 0.5) is 0 Å². The average Bonchev–Trinajstić information content (AvgIpc) is 3.19. The van der Waals surface area contributed by atoms with Crippen LogP contribution < -0.4 is 0 Å². The molecule has 1 aliphatic rings. The number of carbonyl (C=O) groups excluding carboxylic acids is 1. The molecule has 1 amide bonds. The second-order valence-electron chi connectivity index (χ2n) is 6.22. The van der Waals surface area contributed by atoms with Crippen molar-refractivity contribution in [3.63, 3.8) is 0 Å². The highest BCUT2D eigenvalue weighted by molar-refractivity contribution is 9.10. The van der Waals surface area contributed by atoms with Crippen molar-refractivity contribution in [2.75, 3.05) is 6.54 Å². The van der Waals surface area contributed by atoms with Crippen molar-refractivity contribution in [3.05, 3.63) is 81.4 Å². The van der Waals surface area contributed by atoms with E-state index >= 15 is 0 Å². The fraction of sp³-hybridized carbons (Fsp3) is 0.100. The van der Waals surface area contributed by atoms with Crippen molar-refractivity contribution in [2.45, 2.75) is 6.04 Å². The van der Waals surface area contributed by atoms with E-state index < -0.39 is 0 Å². The van der Waals surface area contributed by atoms with Gasteiger partial charge >= 0.3 is 0 Å². The number of amides is 1. The summed E-state index contributed by atoms with van der Waals surface area (Å²) in [4.78, 5) is 14.7. The molecular weight excluding hydrogens is 430 g/mol. The summed E-state index contributed by atoms with van der Waals surface area (Å²) in [6.07, 6.45) is 1.69. The first kappa shape index (κ1) is 17.8. The number of aromatic nitrogens is 2. The van der Waals surface area contributed by atoms with E-state index in [0.29, 0.717) is 28.5 Å². The molecule has 27 heavy (non-hydrogen) atoms. The maximum absolute atomic E-state index is 12.9. The second-order valence-corrected chi connectivity index (χ2v) is 7.57. The van der Waals surface area contributed by atoms with E-state index in [9.17, 15) is 9.90 Å². The van der Waals surface area contributed by atoms with E-state index in [2.05, 4.69) is 32.7 Å². The summed E-state index contributed by atoms with van der Waals surface area (Å²) in [5, 5.41) is 18.0. The van der Waals surface area contributed by atoms with Crippen LogP contribution in [0.15, 0.2) is 59.6 Å². The first-order chi connectivity index (χ1) is 13.0. The molecule has 2 aromatic carbocycles. The monoisotopic (exact) mass is 443 g/mol. The van der Waals surface area contributed by atoms with Gasteiger partial charge in [0.05, 0.1) is 6.04 Å². The number of nitrogens with zero attached hydrogens (tertiary/aromatic N) is 2. The standard InChI is InChI=1S/C20H15BrClN3O2/c1-2-9-25-19(11-3-5-12(21)6-4-11)16-17(23-24-18(16)20(25)27)14-10-13(22)7-8-15(14)26/h2-8,10,19,26H,1,9H2,(H,23,24). The Morgan fingerprint density at radius 1 is 1.30 bits per heavy atom. The van der Waals surface area contributed by atoms with Crippen LogP contribution in [-0.2, 0) is 0 Å². The fourth-order valence-corrected chi connectivity index (χ4v) is 3.86. The number of fused-ring (bicyclic) bond motifs is 1. The lowest BCUT2D eigenvalue weighted by atomic mass is 9.96. The molecule has 0 spiro atoms. The minimum absolute atomic E-state index is 0.0536. The maximum atomic E-state index is 12.9. The van der Waals surface area contributed by atoms with Gasteiger partial charge in [0, 0.05) is 27.2 Å². The number of aromatic hydroxyl groups is 1. The minimum atomic E-state index is -0.342. The van der Waals surface area contributed by atoms with Crippen LogP contribution in [0, 0.1) is 0 Å². The third-order valence-electron chi connectivity index (χ3n) is 4.59. The largest absolute Gasteiger partial charge is 0.507 e. The predicted molar refractivity (Wildman–Crippen MR) is 108 cm³/mol. The van der Waals surface area contributed by atoms with Gasteiger partial charge < -0.3 is 10.0 Å². The summed E-state index contributed by atoms with van der Waals surface area (Å²) in [5.74, 6) is -0.101. The van der Waals surface area contributed by atoms with E-state index in [1.807, 2.05) is 24.3 Å². The number of rotatable bonds is 4. The molecule has 1 aromatic heterocycles. The number of hydrogen-bond acceptors (Lipinski definition) is 3. The van der Waals surface area contributed by atoms with Crippen molar-refractivity contribution in [1.29, 1.82) is 0 Å². The zero-order valence-electron chi connectivity index (χ0n) is 14.1. The first-order valence-corrected chi connectivity index (χ1v) is 9.43. The summed E-state index contributed by atoms with van der Waals surface area (Å²) in [6, 6.07) is 12.2. The molecule has 1 aliphatic heterocycles. The Morgan fingerprint density at radius 2 is 2.04 bits per heavy atom. The summed E-state index contributed by atoms with van der Waals surface area (Å²) in [6.45, 7) is 4.16. The molecule has 0 saturated heterocycles. The SMILES string of the molecule is C=CCN1C(=O)c2[nH]nc(-c3cc(Cl)ccc3O)c2C1c1ccc(Br)cc1. The third-order valence-corrected chi connectivity index (χ3v) is 5.35. The Kier molecular flexibility index (Phi) is 4.53. The van der Waals surface area contributed by atoms with Gasteiger partial charge in [-0.2, -0.15) is 5.10 Å². The fourth-order valence-electron chi connectivity index (χ4n) is 3.42. The first-order valence-electron chi connectivity index (χ1n) is 8.25. The Bertz CT molecular complexity index is 1050. The molecular formula is C20H15BrClN3O2. The van der Waals surface area contributed by atoms with Crippen LogP contribution in [0.5, 0.6) is 5.75 Å². The zero-order valence-corrected chi connectivity index (χ0v) is 16.5. The number of halogens is 2. The van der Waals surface area contributed by atoms with Gasteiger partial charge in [-0.1, -0.05) is 45.7 Å². The maximum Gasteiger partial charge on any atom is 0.273 e. The Labute approximate surface area is 169 Å². The lowest BCUT2D eigenvalue weighted by Gasteiger charge is -2.25. The molecule has 0 radical (unpaired) electrons. The summed E-state index contributed by atoms with van der Waals surface area (Å²) in [7, 11) is 0. The molecule has 2 N–H and O–H groups in total. The number of nitrogens with one attached hydrogen (secondary N) is 1. The Balaban J connectivity index is 1.93. The van der Waals surface area contributed by atoms with Crippen molar-refractivity contribution in [1.82, 2.24) is 15.1 Å². The van der Waals surface area contributed by atoms with E-state index in [0.717, 1.165) is 15.6 Å². The molecule has 136 valence electrons. The quantitative estimate of drug-likeness (QED) is 0.561. The van der Waals surface area contributed by atoms with Crippen LogP contribution in [0.2, 0.25) is 5.02 Å². The number of carbonyl (C=O) groups is 1. The molecule has 3 aromatic rings. The average molecular weight is 445 g/mol. The molecule has 0 saturated carbocycles. The molecule has 7 heteroatoms. The molecule has 4 rings (SSSR count). The van der Waals surface area contributed by atoms with Crippen LogP contribution >= 0.6 is 27.5 Å². The van der Waals surface area contributed by atoms with Gasteiger partial charge in [0.25, 0.3) is 5.91 Å². The number of phenols is 1. The summed E-state index contributed by atoms with van der Waals surface area (Å²) < 4.78 is 0.950. The number of benzene rings is 2. The molecule has 0 fully saturated rings. The van der Waals surface area contributed by atoms with Crippen molar-refractivity contribution in [3.8, 4) is 17.0 Å². The Morgan fingerprint density at radius 3 is 2.74 bits per heavy atom. The summed E-state index contributed by atoms with van der Waals surface area (Å²) >= 11 is 9.56. The highest BCUT2D eigenvalue weighted by atomic mass is 79.9. The number of aromatic amines is 1. The van der Waals surface area contributed by atoms with E-state index in [4.69, 9.17) is 11.6 Å². The number of hydrogen-bond donors (Lipinski definition) is 2. The van der Waals surface area contributed by atoms with Crippen molar-refractivity contribution < 1.29 is 9.90 Å². The van der Waals surface area contributed by atoms with Crippen molar-refractivity contribution >= 4 is 33.4 Å². The molecule has 5 nitrogen and oxygen atoms in total. The van der Waals surface area contributed by atoms with E-state index in [-0.39, 0.29) is 17.7 Å². The van der Waals surface area contributed by atoms with Gasteiger partial charge in [-0.15, -0.1) is 6.58 Å². The third kappa shape index (κ3) is 2.95. The highest BCUT2D eigenvalue weighted by Gasteiger charge is 2.41. The van der Waals surface area contributed by atoms with Gasteiger partial charge in [-0.3, -0.25) is 9.89 Å². The summed E-state index contributed by atoms with van der Waals surface area (Å²) in [5.41, 5.74) is 3.07. The molecule has 1 atom stereocenters. The van der Waals surface area contributed by atoms with Crippen LogP contribution in [0.3, 0.4) is 0 Å². The lowest BCUT2D eigenvalue weighted by Crippen LogP contribution is -2.29. The molecule has 1 unspecified atom stereocenters. The van der Waals surface area contributed by atoms with Gasteiger partial charge in [0.15, 0.2) is 0 Å². The van der Waals surface area contributed by atoms with E-state index in [1.54, 1.807) is 23.1 Å². The number of H-pyrrole nitrogens is 1. The number of phenolic OH excluding ortho intramolecular Hbond substituents is 1. The van der Waals surface area contributed by atoms with E-state index in [1.165, 1.54) is 6.07 Å². The van der Waals surface area contributed by atoms with Crippen LogP contribution in [0.25, 0.3) is 11.3 Å². The smallest absolute Gasteiger partial charge is 0.273 e. The van der Waals surface area contributed by atoms with Crippen molar-refractivity contribution in [2.24, 2.45) is 0 Å². The van der Waals surface area contributed by atoms with Gasteiger partial charge in [-0.25, -0.2) is 0 Å². The topological polar surface area (TPSA) is 69.2 Å². The van der Waals surface area contributed by atoms with Gasteiger partial charge in [-0.05, 0) is 35.9 Å². The van der Waals surface area contributed by atoms with Crippen LogP contribution in [0.1, 0.15) is 27.7 Å². The van der Waals surface area contributed by atoms with Gasteiger partial charge in [0.2, 0.25) is 0 Å². The lowest BCUT2D eigenvalue weighted by molar-refractivity contribution is 0.0764. The minimum Gasteiger partial charge on any atom is -0.507 e. The molecule has 0 bridgehead atoms. The van der Waals surface area contributed by atoms with Gasteiger partial charge in [0.1, 0.15) is 17.1 Å².